The van der Waals surface area contributed by atoms with Crippen molar-refractivity contribution in [3.8, 4) is 5.75 Å². The van der Waals surface area contributed by atoms with Crippen molar-refractivity contribution in [1.82, 2.24) is 10.3 Å². The number of thiazole rings is 1. The number of carboxylic acids is 1. The van der Waals surface area contributed by atoms with Gasteiger partial charge in [0.05, 0.1) is 17.7 Å². The molecule has 2 N–H and O–H groups in total. The topological polar surface area (TPSA) is 88.5 Å². The van der Waals surface area contributed by atoms with Gasteiger partial charge in [-0.05, 0) is 24.6 Å². The van der Waals surface area contributed by atoms with E-state index in [-0.39, 0.29) is 17.0 Å². The number of hydrogen-bond acceptors (Lipinski definition) is 5. The smallest absolute Gasteiger partial charge is 0.335 e. The van der Waals surface area contributed by atoms with E-state index in [2.05, 4.69) is 10.3 Å². The number of carbonyl (C=O) groups is 2. The Kier molecular flexibility index (Phi) is 5.48. The van der Waals surface area contributed by atoms with E-state index in [1.807, 2.05) is 5.38 Å². The van der Waals surface area contributed by atoms with Gasteiger partial charge < -0.3 is 15.2 Å². The fourth-order valence-corrected chi connectivity index (χ4v) is 2.55. The summed E-state index contributed by atoms with van der Waals surface area (Å²) in [6, 6.07) is 4.23. The molecule has 0 aliphatic carbocycles. The quantitative estimate of drug-likeness (QED) is 0.764. The molecule has 0 atom stereocenters. The third-order valence-corrected chi connectivity index (χ3v) is 3.83. The standard InChI is InChI=1S/C15H16N2O4S/c1-21-12-8-10(7-11(9-12)15(19)20)14(18)17-4-2-3-13-16-5-6-22-13/h5-9H,2-4H2,1H3,(H,17,18)(H,19,20). The van der Waals surface area contributed by atoms with Gasteiger partial charge in [-0.1, -0.05) is 0 Å². The highest BCUT2D eigenvalue weighted by atomic mass is 32.1. The molecule has 2 rings (SSSR count). The summed E-state index contributed by atoms with van der Waals surface area (Å²) in [4.78, 5) is 27.3. The zero-order chi connectivity index (χ0) is 15.9. The maximum Gasteiger partial charge on any atom is 0.335 e. The molecule has 1 aromatic carbocycles. The molecule has 7 heteroatoms. The lowest BCUT2D eigenvalue weighted by atomic mass is 10.1. The number of aromatic nitrogens is 1. The molecule has 0 fully saturated rings. The van der Waals surface area contributed by atoms with Crippen molar-refractivity contribution in [1.29, 1.82) is 0 Å². The molecule has 22 heavy (non-hydrogen) atoms. The molecule has 0 bridgehead atoms. The summed E-state index contributed by atoms with van der Waals surface area (Å²) in [7, 11) is 1.43. The van der Waals surface area contributed by atoms with Crippen LogP contribution >= 0.6 is 11.3 Å². The summed E-state index contributed by atoms with van der Waals surface area (Å²) in [5.74, 6) is -1.08. The Morgan fingerprint density at radius 3 is 2.73 bits per heavy atom. The largest absolute Gasteiger partial charge is 0.497 e. The number of nitrogens with one attached hydrogen (secondary N) is 1. The molecule has 2 aromatic rings. The van der Waals surface area contributed by atoms with Crippen LogP contribution in [0.25, 0.3) is 0 Å². The predicted octanol–water partition coefficient (Wildman–Crippen LogP) is 2.21. The number of nitrogens with zero attached hydrogens (tertiary/aromatic N) is 1. The third kappa shape index (κ3) is 4.29. The highest BCUT2D eigenvalue weighted by Crippen LogP contribution is 2.17. The second-order valence-corrected chi connectivity index (χ2v) is 5.52. The summed E-state index contributed by atoms with van der Waals surface area (Å²) < 4.78 is 5.02. The van der Waals surface area contributed by atoms with Crippen molar-refractivity contribution < 1.29 is 19.4 Å². The lowest BCUT2D eigenvalue weighted by molar-refractivity contribution is 0.0696. The molecule has 0 unspecified atom stereocenters. The normalized spacial score (nSPS) is 10.2. The van der Waals surface area contributed by atoms with Crippen molar-refractivity contribution in [2.45, 2.75) is 12.8 Å². The van der Waals surface area contributed by atoms with E-state index in [9.17, 15) is 9.59 Å². The molecule has 0 aliphatic rings. The van der Waals surface area contributed by atoms with E-state index in [1.54, 1.807) is 17.5 Å². The molecule has 1 amide bonds. The van der Waals surface area contributed by atoms with Crippen molar-refractivity contribution in [3.05, 3.63) is 45.9 Å². The first-order chi connectivity index (χ1) is 10.6. The minimum Gasteiger partial charge on any atom is -0.497 e. The Labute approximate surface area is 131 Å². The summed E-state index contributed by atoms with van der Waals surface area (Å²) in [6.45, 7) is 0.498. The lowest BCUT2D eigenvalue weighted by Gasteiger charge is -2.08. The minimum absolute atomic E-state index is 0.0206. The molecular formula is C15H16N2O4S. The van der Waals surface area contributed by atoms with Crippen molar-refractivity contribution in [3.63, 3.8) is 0 Å². The van der Waals surface area contributed by atoms with Gasteiger partial charge in [-0.3, -0.25) is 4.79 Å². The monoisotopic (exact) mass is 320 g/mol. The molecular weight excluding hydrogens is 304 g/mol. The number of carboxylic acid groups (broad SMARTS) is 1. The highest BCUT2D eigenvalue weighted by molar-refractivity contribution is 7.09. The maximum atomic E-state index is 12.1. The number of methoxy groups -OCH3 is 1. The lowest BCUT2D eigenvalue weighted by Crippen LogP contribution is -2.25. The first kappa shape index (κ1) is 16.0. The minimum atomic E-state index is -1.10. The fraction of sp³-hybridized carbons (Fsp3) is 0.267. The van der Waals surface area contributed by atoms with Gasteiger partial charge in [0.2, 0.25) is 0 Å². The fourth-order valence-electron chi connectivity index (χ4n) is 1.89. The van der Waals surface area contributed by atoms with E-state index in [1.165, 1.54) is 25.3 Å². The van der Waals surface area contributed by atoms with Gasteiger partial charge in [0.25, 0.3) is 5.91 Å². The maximum absolute atomic E-state index is 12.1. The Balaban J connectivity index is 1.93. The zero-order valence-electron chi connectivity index (χ0n) is 12.0. The van der Waals surface area contributed by atoms with E-state index in [0.29, 0.717) is 12.3 Å². The van der Waals surface area contributed by atoms with E-state index < -0.39 is 5.97 Å². The van der Waals surface area contributed by atoms with Gasteiger partial charge >= 0.3 is 5.97 Å². The van der Waals surface area contributed by atoms with Gasteiger partial charge in [0, 0.05) is 30.1 Å². The molecule has 116 valence electrons. The van der Waals surface area contributed by atoms with Crippen LogP contribution in [0.5, 0.6) is 5.75 Å². The molecule has 0 radical (unpaired) electrons. The number of amides is 1. The molecule has 0 saturated heterocycles. The van der Waals surface area contributed by atoms with Gasteiger partial charge in [-0.25, -0.2) is 9.78 Å². The van der Waals surface area contributed by atoms with Gasteiger partial charge in [0.1, 0.15) is 5.75 Å². The Hall–Kier alpha value is -2.41. The molecule has 0 spiro atoms. The van der Waals surface area contributed by atoms with Crippen LogP contribution in [0.4, 0.5) is 0 Å². The number of rotatable bonds is 7. The van der Waals surface area contributed by atoms with Crippen molar-refractivity contribution >= 4 is 23.2 Å². The molecule has 0 saturated carbocycles. The number of aryl methyl sites for hydroxylation is 1. The SMILES string of the molecule is COc1cc(C(=O)O)cc(C(=O)NCCCc2nccs2)c1. The van der Waals surface area contributed by atoms with Gasteiger partial charge in [0.15, 0.2) is 0 Å². The molecule has 1 aromatic heterocycles. The van der Waals surface area contributed by atoms with E-state index in [4.69, 9.17) is 9.84 Å². The number of hydrogen-bond donors (Lipinski definition) is 2. The molecule has 1 heterocycles. The summed E-state index contributed by atoms with van der Waals surface area (Å²) in [6.07, 6.45) is 3.33. The van der Waals surface area contributed by atoms with Crippen LogP contribution in [0.15, 0.2) is 29.8 Å². The highest BCUT2D eigenvalue weighted by Gasteiger charge is 2.12. The third-order valence-electron chi connectivity index (χ3n) is 2.99. The molecule has 6 nitrogen and oxygen atoms in total. The Morgan fingerprint density at radius 1 is 1.32 bits per heavy atom. The Bertz CT molecular complexity index is 656. The van der Waals surface area contributed by atoms with Crippen LogP contribution in [-0.4, -0.2) is 35.6 Å². The average Bonchev–Trinajstić information content (AvgIpc) is 3.04. The number of carbonyl (C=O) groups excluding carboxylic acids is 1. The van der Waals surface area contributed by atoms with Crippen LogP contribution in [0.3, 0.4) is 0 Å². The van der Waals surface area contributed by atoms with Crippen LogP contribution in [0.2, 0.25) is 0 Å². The Morgan fingerprint density at radius 2 is 2.09 bits per heavy atom. The number of aromatic carboxylic acids is 1. The van der Waals surface area contributed by atoms with Gasteiger partial charge in [-0.15, -0.1) is 11.3 Å². The first-order valence-electron chi connectivity index (χ1n) is 6.69. The number of ether oxygens (including phenoxy) is 1. The van der Waals surface area contributed by atoms with Crippen LogP contribution < -0.4 is 10.1 Å². The van der Waals surface area contributed by atoms with Crippen LogP contribution in [0, 0.1) is 0 Å². The summed E-state index contributed by atoms with van der Waals surface area (Å²) in [5.41, 5.74) is 0.290. The first-order valence-corrected chi connectivity index (χ1v) is 7.57. The van der Waals surface area contributed by atoms with Gasteiger partial charge in [-0.2, -0.15) is 0 Å². The van der Waals surface area contributed by atoms with E-state index in [0.717, 1.165) is 17.8 Å². The van der Waals surface area contributed by atoms with E-state index >= 15 is 0 Å². The second kappa shape index (κ2) is 7.56. The zero-order valence-corrected chi connectivity index (χ0v) is 12.9. The predicted molar refractivity (Wildman–Crippen MR) is 82.7 cm³/mol. The summed E-state index contributed by atoms with van der Waals surface area (Å²) >= 11 is 1.58. The van der Waals surface area contributed by atoms with Crippen molar-refractivity contribution in [2.24, 2.45) is 0 Å². The number of benzene rings is 1. The van der Waals surface area contributed by atoms with Crippen LogP contribution in [0.1, 0.15) is 32.1 Å². The average molecular weight is 320 g/mol. The second-order valence-electron chi connectivity index (χ2n) is 4.54. The molecule has 0 aliphatic heterocycles. The summed E-state index contributed by atoms with van der Waals surface area (Å²) in [5, 5.41) is 14.8. The van der Waals surface area contributed by atoms with Crippen molar-refractivity contribution in [2.75, 3.05) is 13.7 Å². The van der Waals surface area contributed by atoms with Crippen LogP contribution in [-0.2, 0) is 6.42 Å².